The summed E-state index contributed by atoms with van der Waals surface area (Å²) in [4.78, 5) is 19.2. The van der Waals surface area contributed by atoms with Crippen LogP contribution in [-0.2, 0) is 6.54 Å². The smallest absolute Gasteiger partial charge is 0.255 e. The zero-order chi connectivity index (χ0) is 18.5. The highest BCUT2D eigenvalue weighted by Gasteiger charge is 2.09. The number of benzene rings is 2. The number of halogens is 1. The average Bonchev–Trinajstić information content (AvgIpc) is 2.66. The van der Waals surface area contributed by atoms with Gasteiger partial charge in [-0.1, -0.05) is 37.6 Å². The molecule has 1 amide bonds. The fraction of sp³-hybridized carbons (Fsp3) is 0.238. The number of rotatable bonds is 6. The van der Waals surface area contributed by atoms with Gasteiger partial charge in [-0.05, 0) is 61.1 Å². The Morgan fingerprint density at radius 1 is 1.08 bits per heavy atom. The summed E-state index contributed by atoms with van der Waals surface area (Å²) in [5.41, 5.74) is 3.35. The maximum Gasteiger partial charge on any atom is 0.255 e. The second-order valence-electron chi connectivity index (χ2n) is 6.16. The highest BCUT2D eigenvalue weighted by Crippen LogP contribution is 2.19. The van der Waals surface area contributed by atoms with Crippen LogP contribution < -0.4 is 5.32 Å². The molecule has 5 heteroatoms. The first kappa shape index (κ1) is 18.4. The van der Waals surface area contributed by atoms with Gasteiger partial charge in [0.15, 0.2) is 0 Å². The van der Waals surface area contributed by atoms with Crippen molar-refractivity contribution in [3.63, 3.8) is 0 Å². The molecule has 0 aliphatic carbocycles. The first-order chi connectivity index (χ1) is 12.6. The lowest BCUT2D eigenvalue weighted by molar-refractivity contribution is 0.102. The standard InChI is InChI=1S/C21H22ClN3O/c1-3-25(4-2)14-15-6-5-7-18(12-15)23-21(26)17-8-10-19-16(13-17)9-11-20(22)24-19/h5-13H,3-4,14H2,1-2H3,(H,23,26). The van der Waals surface area contributed by atoms with Gasteiger partial charge in [0.05, 0.1) is 5.52 Å². The van der Waals surface area contributed by atoms with Gasteiger partial charge in [-0.3, -0.25) is 9.69 Å². The highest BCUT2D eigenvalue weighted by molar-refractivity contribution is 6.29. The lowest BCUT2D eigenvalue weighted by atomic mass is 10.1. The SMILES string of the molecule is CCN(CC)Cc1cccc(NC(=O)c2ccc3nc(Cl)ccc3c2)c1. The van der Waals surface area contributed by atoms with Crippen molar-refractivity contribution >= 4 is 34.1 Å². The maximum absolute atomic E-state index is 12.6. The molecular formula is C21H22ClN3O. The summed E-state index contributed by atoms with van der Waals surface area (Å²) in [6.07, 6.45) is 0. The van der Waals surface area contributed by atoms with Crippen LogP contribution in [0.25, 0.3) is 10.9 Å². The van der Waals surface area contributed by atoms with Gasteiger partial charge in [-0.15, -0.1) is 0 Å². The van der Waals surface area contributed by atoms with Gasteiger partial charge >= 0.3 is 0 Å². The molecule has 4 nitrogen and oxygen atoms in total. The van der Waals surface area contributed by atoms with Crippen LogP contribution in [0.3, 0.4) is 0 Å². The Balaban J connectivity index is 1.76. The van der Waals surface area contributed by atoms with E-state index in [0.29, 0.717) is 10.7 Å². The van der Waals surface area contributed by atoms with Crippen LogP contribution in [0.4, 0.5) is 5.69 Å². The zero-order valence-electron chi connectivity index (χ0n) is 15.0. The molecule has 0 atom stereocenters. The number of carbonyl (C=O) groups is 1. The minimum Gasteiger partial charge on any atom is -0.322 e. The molecule has 3 aromatic rings. The second kappa shape index (κ2) is 8.30. The lowest BCUT2D eigenvalue weighted by Gasteiger charge is -2.18. The number of aromatic nitrogens is 1. The Hall–Kier alpha value is -2.43. The summed E-state index contributed by atoms with van der Waals surface area (Å²) >= 11 is 5.91. The van der Waals surface area contributed by atoms with E-state index in [9.17, 15) is 4.79 Å². The van der Waals surface area contributed by atoms with Crippen LogP contribution in [0, 0.1) is 0 Å². The monoisotopic (exact) mass is 367 g/mol. The van der Waals surface area contributed by atoms with Gasteiger partial charge in [-0.25, -0.2) is 4.98 Å². The number of fused-ring (bicyclic) bond motifs is 1. The number of nitrogens with zero attached hydrogens (tertiary/aromatic N) is 2. The highest BCUT2D eigenvalue weighted by atomic mass is 35.5. The molecule has 134 valence electrons. The maximum atomic E-state index is 12.6. The normalized spacial score (nSPS) is 11.1. The molecule has 26 heavy (non-hydrogen) atoms. The number of hydrogen-bond acceptors (Lipinski definition) is 3. The number of amides is 1. The van der Waals surface area contributed by atoms with Crippen LogP contribution in [0.1, 0.15) is 29.8 Å². The number of nitrogens with one attached hydrogen (secondary N) is 1. The third kappa shape index (κ3) is 4.40. The molecule has 3 rings (SSSR count). The van der Waals surface area contributed by atoms with Crippen LogP contribution in [0.5, 0.6) is 0 Å². The summed E-state index contributed by atoms with van der Waals surface area (Å²) in [6, 6.07) is 17.0. The molecule has 0 aliphatic rings. The van der Waals surface area contributed by atoms with Gasteiger partial charge < -0.3 is 5.32 Å². The van der Waals surface area contributed by atoms with E-state index in [1.165, 1.54) is 5.56 Å². The van der Waals surface area contributed by atoms with Crippen molar-refractivity contribution in [2.24, 2.45) is 0 Å². The van der Waals surface area contributed by atoms with E-state index >= 15 is 0 Å². The zero-order valence-corrected chi connectivity index (χ0v) is 15.8. The molecule has 0 saturated heterocycles. The van der Waals surface area contributed by atoms with Crippen molar-refractivity contribution < 1.29 is 4.79 Å². The molecule has 1 heterocycles. The summed E-state index contributed by atoms with van der Waals surface area (Å²) in [5, 5.41) is 4.31. The largest absolute Gasteiger partial charge is 0.322 e. The quantitative estimate of drug-likeness (QED) is 0.625. The molecular weight excluding hydrogens is 346 g/mol. The fourth-order valence-corrected chi connectivity index (χ4v) is 3.05. The van der Waals surface area contributed by atoms with Crippen molar-refractivity contribution in [1.82, 2.24) is 9.88 Å². The Morgan fingerprint density at radius 2 is 1.88 bits per heavy atom. The van der Waals surface area contributed by atoms with Gasteiger partial charge in [0, 0.05) is 23.2 Å². The van der Waals surface area contributed by atoms with Crippen LogP contribution >= 0.6 is 11.6 Å². The van der Waals surface area contributed by atoms with E-state index in [1.807, 2.05) is 36.4 Å². The van der Waals surface area contributed by atoms with E-state index in [2.05, 4.69) is 35.1 Å². The first-order valence-corrected chi connectivity index (χ1v) is 9.15. The average molecular weight is 368 g/mol. The minimum atomic E-state index is -0.137. The van der Waals surface area contributed by atoms with E-state index in [0.717, 1.165) is 36.2 Å². The Morgan fingerprint density at radius 3 is 2.65 bits per heavy atom. The molecule has 0 saturated carbocycles. The third-order valence-corrected chi connectivity index (χ3v) is 4.61. The molecule has 1 aromatic heterocycles. The Labute approximate surface area is 158 Å². The van der Waals surface area contributed by atoms with E-state index in [1.54, 1.807) is 12.1 Å². The van der Waals surface area contributed by atoms with Crippen LogP contribution in [-0.4, -0.2) is 28.9 Å². The molecule has 0 fully saturated rings. The summed E-state index contributed by atoms with van der Waals surface area (Å²) in [6.45, 7) is 7.18. The third-order valence-electron chi connectivity index (χ3n) is 4.40. The van der Waals surface area contributed by atoms with E-state index in [4.69, 9.17) is 11.6 Å². The second-order valence-corrected chi connectivity index (χ2v) is 6.54. The number of anilines is 1. The fourth-order valence-electron chi connectivity index (χ4n) is 2.90. The summed E-state index contributed by atoms with van der Waals surface area (Å²) < 4.78 is 0. The topological polar surface area (TPSA) is 45.2 Å². The van der Waals surface area contributed by atoms with Gasteiger partial charge in [0.25, 0.3) is 5.91 Å². The lowest BCUT2D eigenvalue weighted by Crippen LogP contribution is -2.22. The predicted molar refractivity (Wildman–Crippen MR) is 108 cm³/mol. The number of pyridine rings is 1. The molecule has 0 radical (unpaired) electrons. The molecule has 1 N–H and O–H groups in total. The Kier molecular flexibility index (Phi) is 5.86. The van der Waals surface area contributed by atoms with Gasteiger partial charge in [0.2, 0.25) is 0 Å². The van der Waals surface area contributed by atoms with Crippen LogP contribution in [0.15, 0.2) is 54.6 Å². The number of carbonyl (C=O) groups excluding carboxylic acids is 1. The molecule has 0 spiro atoms. The summed E-state index contributed by atoms with van der Waals surface area (Å²) in [7, 11) is 0. The van der Waals surface area contributed by atoms with Crippen molar-refractivity contribution in [3.05, 3.63) is 70.9 Å². The van der Waals surface area contributed by atoms with Crippen molar-refractivity contribution in [2.75, 3.05) is 18.4 Å². The predicted octanol–water partition coefficient (Wildman–Crippen LogP) is 4.98. The molecule has 0 aliphatic heterocycles. The number of hydrogen-bond donors (Lipinski definition) is 1. The Bertz CT molecular complexity index is 922. The minimum absolute atomic E-state index is 0.137. The van der Waals surface area contributed by atoms with Crippen molar-refractivity contribution in [2.45, 2.75) is 20.4 Å². The van der Waals surface area contributed by atoms with E-state index < -0.39 is 0 Å². The van der Waals surface area contributed by atoms with E-state index in [-0.39, 0.29) is 5.91 Å². The van der Waals surface area contributed by atoms with Crippen molar-refractivity contribution in [3.8, 4) is 0 Å². The first-order valence-electron chi connectivity index (χ1n) is 8.78. The van der Waals surface area contributed by atoms with Crippen molar-refractivity contribution in [1.29, 1.82) is 0 Å². The molecule has 0 bridgehead atoms. The van der Waals surface area contributed by atoms with Gasteiger partial charge in [-0.2, -0.15) is 0 Å². The van der Waals surface area contributed by atoms with Gasteiger partial charge in [0.1, 0.15) is 5.15 Å². The summed E-state index contributed by atoms with van der Waals surface area (Å²) in [5.74, 6) is -0.137. The van der Waals surface area contributed by atoms with Crippen LogP contribution in [0.2, 0.25) is 5.15 Å². The molecule has 2 aromatic carbocycles. The molecule has 0 unspecified atom stereocenters.